The van der Waals surface area contributed by atoms with E-state index in [0.717, 1.165) is 13.1 Å². The molecular weight excluding hydrogens is 246 g/mol. The van der Waals surface area contributed by atoms with E-state index in [-0.39, 0.29) is 6.04 Å². The van der Waals surface area contributed by atoms with Crippen LogP contribution in [0.25, 0.3) is 0 Å². The fourth-order valence-corrected chi connectivity index (χ4v) is 5.42. The fourth-order valence-electron chi connectivity index (χ4n) is 5.42. The Kier molecular flexibility index (Phi) is 3.43. The standard InChI is InChI=1S/C17H27N3/c1-5-19-8-7-14-13-9-12(3)16(17(14,4)11-19)20(6-2)15(13)10-18/h9,13-16H,5-8,11H2,1-4H3/t13-,14+,15+,16+,17+/m1/s1. The van der Waals surface area contributed by atoms with Gasteiger partial charge in [-0.25, -0.2) is 0 Å². The van der Waals surface area contributed by atoms with E-state index in [9.17, 15) is 5.26 Å². The Bertz CT molecular complexity index is 463. The molecule has 2 fully saturated rings. The maximum atomic E-state index is 9.64. The first-order valence-electron chi connectivity index (χ1n) is 8.12. The quantitative estimate of drug-likeness (QED) is 0.724. The smallest absolute Gasteiger partial charge is 0.105 e. The van der Waals surface area contributed by atoms with Crippen molar-refractivity contribution < 1.29 is 0 Å². The van der Waals surface area contributed by atoms with Crippen LogP contribution in [0.5, 0.6) is 0 Å². The number of hydrogen-bond donors (Lipinski definition) is 0. The molecule has 4 aliphatic rings. The Balaban J connectivity index is 2.03. The predicted octanol–water partition coefficient (Wildman–Crippen LogP) is 2.51. The van der Waals surface area contributed by atoms with Gasteiger partial charge in [0.2, 0.25) is 0 Å². The number of nitriles is 1. The monoisotopic (exact) mass is 273 g/mol. The largest absolute Gasteiger partial charge is 0.303 e. The molecular formula is C17H27N3. The number of likely N-dealkylation sites (tertiary alicyclic amines) is 1. The number of likely N-dealkylation sites (N-methyl/N-ethyl adjacent to an activating group) is 1. The third-order valence-corrected chi connectivity index (χ3v) is 6.14. The molecule has 0 radical (unpaired) electrons. The minimum absolute atomic E-state index is 0.0972. The summed E-state index contributed by atoms with van der Waals surface area (Å²) in [6.45, 7) is 13.8. The van der Waals surface area contributed by atoms with Crippen molar-refractivity contribution in [2.75, 3.05) is 26.2 Å². The van der Waals surface area contributed by atoms with E-state index in [4.69, 9.17) is 0 Å². The second-order valence-electron chi connectivity index (χ2n) is 7.06. The van der Waals surface area contributed by atoms with E-state index in [1.54, 1.807) is 0 Å². The molecule has 3 heterocycles. The van der Waals surface area contributed by atoms with Crippen molar-refractivity contribution in [3.05, 3.63) is 11.6 Å². The van der Waals surface area contributed by atoms with Crippen molar-refractivity contribution in [2.45, 2.75) is 46.2 Å². The number of hydrogen-bond acceptors (Lipinski definition) is 3. The lowest BCUT2D eigenvalue weighted by Gasteiger charge is -2.64. The number of rotatable bonds is 2. The minimum Gasteiger partial charge on any atom is -0.303 e. The maximum Gasteiger partial charge on any atom is 0.105 e. The van der Waals surface area contributed by atoms with Crippen LogP contribution >= 0.6 is 0 Å². The van der Waals surface area contributed by atoms with Gasteiger partial charge < -0.3 is 4.90 Å². The Morgan fingerprint density at radius 1 is 1.40 bits per heavy atom. The average Bonchev–Trinajstić information content (AvgIpc) is 2.45. The zero-order valence-electron chi connectivity index (χ0n) is 13.3. The van der Waals surface area contributed by atoms with E-state index in [0.29, 0.717) is 23.3 Å². The van der Waals surface area contributed by atoms with Crippen LogP contribution in [0.1, 0.15) is 34.1 Å². The summed E-state index contributed by atoms with van der Waals surface area (Å²) in [5.74, 6) is 1.13. The minimum atomic E-state index is 0.0972. The Hall–Kier alpha value is -0.850. The van der Waals surface area contributed by atoms with Gasteiger partial charge in [-0.1, -0.05) is 32.4 Å². The van der Waals surface area contributed by atoms with Gasteiger partial charge in [0.15, 0.2) is 0 Å². The summed E-state index contributed by atoms with van der Waals surface area (Å²) in [7, 11) is 0. The molecule has 4 rings (SSSR count). The SMILES string of the molecule is CCN1CC[C@H]2[C@H]3C=C(C)[C@H](N(CC)[C@H]3C#N)[C@@]2(C)C1. The molecule has 20 heavy (non-hydrogen) atoms. The van der Waals surface area contributed by atoms with Crippen molar-refractivity contribution in [1.82, 2.24) is 9.80 Å². The molecule has 2 saturated heterocycles. The highest BCUT2D eigenvalue weighted by molar-refractivity contribution is 5.32. The highest BCUT2D eigenvalue weighted by Gasteiger charge is 2.59. The summed E-state index contributed by atoms with van der Waals surface area (Å²) in [4.78, 5) is 5.06. The van der Waals surface area contributed by atoms with Gasteiger partial charge in [0.25, 0.3) is 0 Å². The summed E-state index contributed by atoms with van der Waals surface area (Å²) in [6, 6.07) is 3.16. The van der Waals surface area contributed by atoms with Gasteiger partial charge in [0, 0.05) is 23.9 Å². The van der Waals surface area contributed by atoms with Crippen LogP contribution in [-0.4, -0.2) is 48.1 Å². The molecule has 3 nitrogen and oxygen atoms in total. The Morgan fingerprint density at radius 2 is 2.15 bits per heavy atom. The lowest BCUT2D eigenvalue weighted by atomic mass is 9.53. The van der Waals surface area contributed by atoms with Gasteiger partial charge in [-0.2, -0.15) is 5.26 Å². The molecule has 0 spiro atoms. The first-order valence-corrected chi connectivity index (χ1v) is 8.12. The summed E-state index contributed by atoms with van der Waals surface area (Å²) in [5.41, 5.74) is 1.82. The van der Waals surface area contributed by atoms with Crippen LogP contribution in [0.2, 0.25) is 0 Å². The van der Waals surface area contributed by atoms with Crippen LogP contribution in [0.15, 0.2) is 11.6 Å². The van der Waals surface area contributed by atoms with E-state index in [1.165, 1.54) is 25.1 Å². The van der Waals surface area contributed by atoms with Gasteiger partial charge in [0.05, 0.1) is 6.07 Å². The number of fused-ring (bicyclic) bond motifs is 1. The molecule has 0 aromatic rings. The first-order chi connectivity index (χ1) is 9.56. The van der Waals surface area contributed by atoms with Crippen LogP contribution in [-0.2, 0) is 0 Å². The second kappa shape index (κ2) is 4.86. The fraction of sp³-hybridized carbons (Fsp3) is 0.824. The second-order valence-corrected chi connectivity index (χ2v) is 7.06. The Morgan fingerprint density at radius 3 is 2.75 bits per heavy atom. The molecule has 3 heteroatoms. The highest BCUT2D eigenvalue weighted by atomic mass is 15.2. The van der Waals surface area contributed by atoms with E-state index < -0.39 is 0 Å². The lowest BCUT2D eigenvalue weighted by Crippen LogP contribution is -2.70. The van der Waals surface area contributed by atoms with E-state index >= 15 is 0 Å². The van der Waals surface area contributed by atoms with Crippen molar-refractivity contribution in [2.24, 2.45) is 17.3 Å². The van der Waals surface area contributed by atoms with Gasteiger partial charge in [-0.3, -0.25) is 4.90 Å². The van der Waals surface area contributed by atoms with Crippen molar-refractivity contribution in [1.29, 1.82) is 5.26 Å². The van der Waals surface area contributed by atoms with E-state index in [1.807, 2.05) is 0 Å². The van der Waals surface area contributed by atoms with Crippen LogP contribution in [0.4, 0.5) is 0 Å². The Labute approximate surface area is 123 Å². The normalized spacial score (nSPS) is 44.9. The van der Waals surface area contributed by atoms with Gasteiger partial charge in [0.1, 0.15) is 6.04 Å². The molecule has 3 aliphatic heterocycles. The van der Waals surface area contributed by atoms with Crippen molar-refractivity contribution in [3.63, 3.8) is 0 Å². The van der Waals surface area contributed by atoms with Crippen molar-refractivity contribution >= 4 is 0 Å². The molecule has 0 saturated carbocycles. The number of nitrogens with zero attached hydrogens (tertiary/aromatic N) is 3. The topological polar surface area (TPSA) is 30.3 Å². The summed E-state index contributed by atoms with van der Waals surface area (Å²) < 4.78 is 0. The molecule has 5 atom stereocenters. The third kappa shape index (κ3) is 1.71. The van der Waals surface area contributed by atoms with Gasteiger partial charge in [-0.15, -0.1) is 0 Å². The summed E-state index contributed by atoms with van der Waals surface area (Å²) in [5, 5.41) is 9.64. The van der Waals surface area contributed by atoms with Gasteiger partial charge >= 0.3 is 0 Å². The lowest BCUT2D eigenvalue weighted by molar-refractivity contribution is -0.107. The zero-order chi connectivity index (χ0) is 14.5. The predicted molar refractivity (Wildman–Crippen MR) is 81.1 cm³/mol. The van der Waals surface area contributed by atoms with Crippen LogP contribution in [0.3, 0.4) is 0 Å². The van der Waals surface area contributed by atoms with Gasteiger partial charge in [-0.05, 0) is 38.9 Å². The summed E-state index contributed by atoms with van der Waals surface area (Å²) >= 11 is 0. The number of piperidine rings is 2. The molecule has 0 N–H and O–H groups in total. The molecule has 2 bridgehead atoms. The van der Waals surface area contributed by atoms with E-state index in [2.05, 4.69) is 49.6 Å². The van der Waals surface area contributed by atoms with Crippen LogP contribution in [0, 0.1) is 28.6 Å². The molecule has 1 aliphatic carbocycles. The maximum absolute atomic E-state index is 9.64. The molecule has 0 unspecified atom stereocenters. The highest BCUT2D eigenvalue weighted by Crippen LogP contribution is 2.55. The summed E-state index contributed by atoms with van der Waals surface area (Å²) in [6.07, 6.45) is 3.68. The third-order valence-electron chi connectivity index (χ3n) is 6.14. The molecule has 0 aromatic heterocycles. The molecule has 0 aromatic carbocycles. The average molecular weight is 273 g/mol. The zero-order valence-corrected chi connectivity index (χ0v) is 13.3. The first kappa shape index (κ1) is 14.1. The van der Waals surface area contributed by atoms with Crippen molar-refractivity contribution in [3.8, 4) is 6.07 Å². The van der Waals surface area contributed by atoms with Crippen LogP contribution < -0.4 is 0 Å². The molecule has 0 amide bonds. The molecule has 110 valence electrons.